The fraction of sp³-hybridized carbons (Fsp3) is 0.381. The SMILES string of the molecule is CCNC(=NCC(C)Oc1ccccc1F)NCCCS(=O)(=O)c1ccccc1. The van der Waals surface area contributed by atoms with E-state index in [0.29, 0.717) is 36.9 Å². The van der Waals surface area contributed by atoms with Gasteiger partial charge in [-0.25, -0.2) is 17.8 Å². The van der Waals surface area contributed by atoms with Gasteiger partial charge in [0.25, 0.3) is 0 Å². The molecule has 0 aliphatic heterocycles. The fourth-order valence-corrected chi connectivity index (χ4v) is 3.90. The van der Waals surface area contributed by atoms with E-state index < -0.39 is 15.7 Å². The second kappa shape index (κ2) is 11.4. The average molecular weight is 422 g/mol. The molecule has 8 heteroatoms. The summed E-state index contributed by atoms with van der Waals surface area (Å²) >= 11 is 0. The van der Waals surface area contributed by atoms with Crippen molar-refractivity contribution in [1.29, 1.82) is 0 Å². The monoisotopic (exact) mass is 421 g/mol. The first-order valence-electron chi connectivity index (χ1n) is 9.63. The molecular weight excluding hydrogens is 393 g/mol. The molecule has 2 aromatic carbocycles. The van der Waals surface area contributed by atoms with E-state index in [9.17, 15) is 12.8 Å². The van der Waals surface area contributed by atoms with E-state index in [0.717, 1.165) is 0 Å². The predicted octanol–water partition coefficient (Wildman–Crippen LogP) is 3.01. The molecule has 6 nitrogen and oxygen atoms in total. The van der Waals surface area contributed by atoms with Crippen molar-refractivity contribution in [3.05, 3.63) is 60.4 Å². The van der Waals surface area contributed by atoms with Gasteiger partial charge in [-0.15, -0.1) is 0 Å². The first-order chi connectivity index (χ1) is 13.9. The third-order valence-electron chi connectivity index (χ3n) is 4.00. The molecule has 0 spiro atoms. The number of aliphatic imine (C=N–C) groups is 1. The van der Waals surface area contributed by atoms with Gasteiger partial charge in [0.2, 0.25) is 0 Å². The lowest BCUT2D eigenvalue weighted by Crippen LogP contribution is -2.39. The molecule has 0 fully saturated rings. The van der Waals surface area contributed by atoms with Gasteiger partial charge in [-0.2, -0.15) is 0 Å². The van der Waals surface area contributed by atoms with Gasteiger partial charge in [0.1, 0.15) is 6.10 Å². The second-order valence-corrected chi connectivity index (χ2v) is 8.60. The summed E-state index contributed by atoms with van der Waals surface area (Å²) in [6.45, 7) is 5.20. The largest absolute Gasteiger partial charge is 0.486 e. The highest BCUT2D eigenvalue weighted by Gasteiger charge is 2.13. The second-order valence-electron chi connectivity index (χ2n) is 6.49. The van der Waals surface area contributed by atoms with Crippen LogP contribution in [0, 0.1) is 5.82 Å². The van der Waals surface area contributed by atoms with E-state index in [1.165, 1.54) is 6.07 Å². The van der Waals surface area contributed by atoms with Crippen LogP contribution in [-0.4, -0.2) is 45.9 Å². The van der Waals surface area contributed by atoms with Crippen molar-refractivity contribution in [3.63, 3.8) is 0 Å². The van der Waals surface area contributed by atoms with Crippen LogP contribution >= 0.6 is 0 Å². The number of ether oxygens (including phenoxy) is 1. The van der Waals surface area contributed by atoms with Crippen LogP contribution in [0.15, 0.2) is 64.5 Å². The minimum absolute atomic E-state index is 0.0518. The minimum Gasteiger partial charge on any atom is -0.486 e. The van der Waals surface area contributed by atoms with Gasteiger partial charge in [0, 0.05) is 13.1 Å². The molecule has 2 N–H and O–H groups in total. The lowest BCUT2D eigenvalue weighted by molar-refractivity contribution is 0.220. The van der Waals surface area contributed by atoms with E-state index in [-0.39, 0.29) is 17.6 Å². The Balaban J connectivity index is 1.82. The van der Waals surface area contributed by atoms with E-state index in [2.05, 4.69) is 15.6 Å². The van der Waals surface area contributed by atoms with Crippen molar-refractivity contribution in [2.75, 3.05) is 25.4 Å². The number of rotatable bonds is 10. The summed E-state index contributed by atoms with van der Waals surface area (Å²) in [6, 6.07) is 14.7. The maximum atomic E-state index is 13.7. The van der Waals surface area contributed by atoms with Crippen LogP contribution in [0.4, 0.5) is 4.39 Å². The highest BCUT2D eigenvalue weighted by molar-refractivity contribution is 7.91. The molecule has 29 heavy (non-hydrogen) atoms. The summed E-state index contributed by atoms with van der Waals surface area (Å²) in [6.07, 6.45) is 0.129. The Morgan fingerprint density at radius 3 is 2.48 bits per heavy atom. The first-order valence-corrected chi connectivity index (χ1v) is 11.3. The van der Waals surface area contributed by atoms with E-state index in [1.54, 1.807) is 48.5 Å². The standard InChI is InChI=1S/C21H28FN3O3S/c1-3-23-21(25-16-17(2)28-20-13-8-7-12-19(20)22)24-14-9-15-29(26,27)18-10-5-4-6-11-18/h4-8,10-13,17H,3,9,14-16H2,1-2H3,(H2,23,24,25). The topological polar surface area (TPSA) is 79.8 Å². The molecule has 0 heterocycles. The number of sulfone groups is 1. The van der Waals surface area contributed by atoms with Crippen LogP contribution < -0.4 is 15.4 Å². The predicted molar refractivity (Wildman–Crippen MR) is 114 cm³/mol. The molecule has 0 amide bonds. The van der Waals surface area contributed by atoms with Gasteiger partial charge >= 0.3 is 0 Å². The molecule has 1 unspecified atom stereocenters. The molecular formula is C21H28FN3O3S. The van der Waals surface area contributed by atoms with Crippen LogP contribution in [0.1, 0.15) is 20.3 Å². The zero-order valence-electron chi connectivity index (χ0n) is 16.8. The highest BCUT2D eigenvalue weighted by Crippen LogP contribution is 2.17. The quantitative estimate of drug-likeness (QED) is 0.350. The number of nitrogens with one attached hydrogen (secondary N) is 2. The Bertz CT molecular complexity index is 889. The number of halogens is 1. The Kier molecular flexibility index (Phi) is 8.92. The van der Waals surface area contributed by atoms with Crippen LogP contribution in [0.3, 0.4) is 0 Å². The Labute approximate surface area is 172 Å². The van der Waals surface area contributed by atoms with Crippen molar-refractivity contribution in [2.24, 2.45) is 4.99 Å². The van der Waals surface area contributed by atoms with E-state index >= 15 is 0 Å². The maximum absolute atomic E-state index is 13.7. The summed E-state index contributed by atoms with van der Waals surface area (Å²) in [5, 5.41) is 6.22. The van der Waals surface area contributed by atoms with E-state index in [1.807, 2.05) is 13.8 Å². The number of benzene rings is 2. The third kappa shape index (κ3) is 7.73. The molecule has 1 atom stereocenters. The van der Waals surface area contributed by atoms with Crippen LogP contribution in [0.5, 0.6) is 5.75 Å². The average Bonchev–Trinajstić information content (AvgIpc) is 2.71. The smallest absolute Gasteiger partial charge is 0.191 e. The van der Waals surface area contributed by atoms with Gasteiger partial charge in [-0.3, -0.25) is 0 Å². The van der Waals surface area contributed by atoms with Crippen LogP contribution in [-0.2, 0) is 9.84 Å². The number of hydrogen-bond acceptors (Lipinski definition) is 4. The van der Waals surface area contributed by atoms with Crippen molar-refractivity contribution in [1.82, 2.24) is 10.6 Å². The number of para-hydroxylation sites is 1. The highest BCUT2D eigenvalue weighted by atomic mass is 32.2. The lowest BCUT2D eigenvalue weighted by atomic mass is 10.3. The molecule has 2 rings (SSSR count). The zero-order chi connectivity index (χ0) is 21.1. The Morgan fingerprint density at radius 2 is 1.79 bits per heavy atom. The van der Waals surface area contributed by atoms with Gasteiger partial charge in [0.05, 0.1) is 17.2 Å². The summed E-state index contributed by atoms with van der Waals surface area (Å²) in [5.41, 5.74) is 0. The molecule has 0 saturated carbocycles. The fourth-order valence-electron chi connectivity index (χ4n) is 2.57. The van der Waals surface area contributed by atoms with Crippen LogP contribution in [0.25, 0.3) is 0 Å². The maximum Gasteiger partial charge on any atom is 0.191 e. The molecule has 0 aliphatic carbocycles. The summed E-state index contributed by atoms with van der Waals surface area (Å²) in [5.74, 6) is 0.400. The molecule has 0 aromatic heterocycles. The Morgan fingerprint density at radius 1 is 1.10 bits per heavy atom. The number of guanidine groups is 1. The van der Waals surface area contributed by atoms with E-state index in [4.69, 9.17) is 4.74 Å². The molecule has 0 bridgehead atoms. The van der Waals surface area contributed by atoms with Crippen molar-refractivity contribution >= 4 is 15.8 Å². The zero-order valence-corrected chi connectivity index (χ0v) is 17.6. The first kappa shape index (κ1) is 22.7. The molecule has 158 valence electrons. The molecule has 2 aromatic rings. The van der Waals surface area contributed by atoms with Crippen molar-refractivity contribution < 1.29 is 17.5 Å². The Hall–Kier alpha value is -2.61. The molecule has 0 aliphatic rings. The van der Waals surface area contributed by atoms with Gasteiger partial charge in [0.15, 0.2) is 27.4 Å². The van der Waals surface area contributed by atoms with Gasteiger partial charge < -0.3 is 15.4 Å². The summed E-state index contributed by atoms with van der Waals surface area (Å²) in [4.78, 5) is 4.76. The molecule has 0 radical (unpaired) electrons. The minimum atomic E-state index is -3.29. The lowest BCUT2D eigenvalue weighted by Gasteiger charge is -2.15. The van der Waals surface area contributed by atoms with Crippen molar-refractivity contribution in [2.45, 2.75) is 31.3 Å². The molecule has 0 saturated heterocycles. The van der Waals surface area contributed by atoms with Gasteiger partial charge in [-0.1, -0.05) is 30.3 Å². The van der Waals surface area contributed by atoms with Gasteiger partial charge in [-0.05, 0) is 44.5 Å². The van der Waals surface area contributed by atoms with Crippen LogP contribution in [0.2, 0.25) is 0 Å². The number of nitrogens with zero attached hydrogens (tertiary/aromatic N) is 1. The number of hydrogen-bond donors (Lipinski definition) is 2. The summed E-state index contributed by atoms with van der Waals surface area (Å²) < 4.78 is 43.8. The van der Waals surface area contributed by atoms with Crippen molar-refractivity contribution in [3.8, 4) is 5.75 Å². The normalized spacial score (nSPS) is 13.0. The summed E-state index contributed by atoms with van der Waals surface area (Å²) in [7, 11) is -3.29. The third-order valence-corrected chi connectivity index (χ3v) is 5.82.